The van der Waals surface area contributed by atoms with E-state index in [1.54, 1.807) is 10.9 Å². The quantitative estimate of drug-likeness (QED) is 0.771. The minimum Gasteiger partial charge on any atom is -0.276 e. The minimum absolute atomic E-state index is 0.0258. The average molecular weight is 301 g/mol. The van der Waals surface area contributed by atoms with E-state index in [0.29, 0.717) is 12.8 Å². The highest BCUT2D eigenvalue weighted by atomic mass is 16.7. The van der Waals surface area contributed by atoms with Gasteiger partial charge in [0.2, 0.25) is 5.91 Å². The van der Waals surface area contributed by atoms with Crippen molar-refractivity contribution in [1.82, 2.24) is 14.8 Å². The fourth-order valence-electron chi connectivity index (χ4n) is 2.62. The van der Waals surface area contributed by atoms with Gasteiger partial charge in [-0.25, -0.2) is 5.06 Å². The number of carbonyl (C=O) groups excluding carboxylic acids is 1. The highest BCUT2D eigenvalue weighted by molar-refractivity contribution is 5.76. The largest absolute Gasteiger partial charge is 0.276 e. The first-order valence-corrected chi connectivity index (χ1v) is 7.42. The van der Waals surface area contributed by atoms with E-state index in [2.05, 4.69) is 5.10 Å². The van der Waals surface area contributed by atoms with Crippen molar-refractivity contribution in [3.8, 4) is 0 Å². The summed E-state index contributed by atoms with van der Waals surface area (Å²) in [6.45, 7) is 4.02. The van der Waals surface area contributed by atoms with Crippen LogP contribution in [0.25, 0.3) is 0 Å². The lowest BCUT2D eigenvalue weighted by Gasteiger charge is -2.28. The highest BCUT2D eigenvalue weighted by Crippen LogP contribution is 2.24. The molecule has 0 unspecified atom stereocenters. The number of hydrogen-bond acceptors (Lipinski definition) is 3. The first kappa shape index (κ1) is 16.2. The van der Waals surface area contributed by atoms with Crippen molar-refractivity contribution in [3.63, 3.8) is 0 Å². The van der Waals surface area contributed by atoms with Crippen LogP contribution >= 0.6 is 0 Å². The summed E-state index contributed by atoms with van der Waals surface area (Å²) in [5.74, 6) is -0.0258. The Kier molecular flexibility index (Phi) is 5.33. The summed E-state index contributed by atoms with van der Waals surface area (Å²) in [6.07, 6.45) is 4.77. The van der Waals surface area contributed by atoms with Gasteiger partial charge in [0.05, 0.1) is 19.3 Å². The van der Waals surface area contributed by atoms with Crippen molar-refractivity contribution >= 4 is 5.91 Å². The van der Waals surface area contributed by atoms with Gasteiger partial charge < -0.3 is 0 Å². The summed E-state index contributed by atoms with van der Waals surface area (Å²) in [6, 6.07) is 7.92. The van der Waals surface area contributed by atoms with Gasteiger partial charge in [-0.2, -0.15) is 5.10 Å². The molecule has 1 atom stereocenters. The SMILES string of the molecule is CON(C(=O)CCc1cnn(C)c1)[C@H](C)c1ccccc1C. The Morgan fingerprint density at radius 2 is 2.14 bits per heavy atom. The van der Waals surface area contributed by atoms with Crippen molar-refractivity contribution < 1.29 is 9.63 Å². The van der Waals surface area contributed by atoms with E-state index in [9.17, 15) is 4.79 Å². The maximum absolute atomic E-state index is 12.5. The molecule has 0 spiro atoms. The molecule has 5 heteroatoms. The third kappa shape index (κ3) is 3.74. The van der Waals surface area contributed by atoms with Crippen molar-refractivity contribution in [3.05, 3.63) is 53.3 Å². The second-order valence-corrected chi connectivity index (χ2v) is 5.46. The van der Waals surface area contributed by atoms with Crippen LogP contribution in [-0.4, -0.2) is 27.9 Å². The highest BCUT2D eigenvalue weighted by Gasteiger charge is 2.22. The number of amides is 1. The predicted octanol–water partition coefficient (Wildman–Crippen LogP) is 2.81. The molecule has 1 heterocycles. The summed E-state index contributed by atoms with van der Waals surface area (Å²) in [5, 5.41) is 5.57. The van der Waals surface area contributed by atoms with Crippen LogP contribution in [0.1, 0.15) is 36.1 Å². The molecule has 0 fully saturated rings. The van der Waals surface area contributed by atoms with E-state index >= 15 is 0 Å². The van der Waals surface area contributed by atoms with Crippen molar-refractivity contribution in [2.75, 3.05) is 7.11 Å². The van der Waals surface area contributed by atoms with Crippen LogP contribution in [-0.2, 0) is 23.1 Å². The zero-order chi connectivity index (χ0) is 16.1. The van der Waals surface area contributed by atoms with Gasteiger partial charge in [-0.1, -0.05) is 24.3 Å². The fraction of sp³-hybridized carbons (Fsp3) is 0.412. The Bertz CT molecular complexity index is 636. The van der Waals surface area contributed by atoms with Gasteiger partial charge in [-0.3, -0.25) is 14.3 Å². The van der Waals surface area contributed by atoms with E-state index < -0.39 is 0 Å². The zero-order valence-corrected chi connectivity index (χ0v) is 13.6. The van der Waals surface area contributed by atoms with Gasteiger partial charge in [-0.05, 0) is 37.0 Å². The van der Waals surface area contributed by atoms with Crippen molar-refractivity contribution in [1.29, 1.82) is 0 Å². The van der Waals surface area contributed by atoms with Crippen molar-refractivity contribution in [2.45, 2.75) is 32.7 Å². The second-order valence-electron chi connectivity index (χ2n) is 5.46. The first-order chi connectivity index (χ1) is 10.5. The molecule has 1 aromatic carbocycles. The lowest BCUT2D eigenvalue weighted by atomic mass is 10.0. The van der Waals surface area contributed by atoms with E-state index in [1.807, 2.05) is 51.4 Å². The summed E-state index contributed by atoms with van der Waals surface area (Å²) < 4.78 is 1.74. The Labute approximate surface area is 131 Å². The van der Waals surface area contributed by atoms with Gasteiger partial charge in [0, 0.05) is 19.7 Å². The number of carbonyl (C=O) groups is 1. The third-order valence-corrected chi connectivity index (χ3v) is 3.82. The zero-order valence-electron chi connectivity index (χ0n) is 13.6. The molecule has 0 aliphatic heterocycles. The first-order valence-electron chi connectivity index (χ1n) is 7.42. The molecule has 22 heavy (non-hydrogen) atoms. The number of benzene rings is 1. The van der Waals surface area contributed by atoms with Crippen LogP contribution in [0, 0.1) is 6.92 Å². The number of aryl methyl sites for hydroxylation is 3. The molecule has 0 saturated carbocycles. The van der Waals surface area contributed by atoms with Crippen LogP contribution < -0.4 is 0 Å². The lowest BCUT2D eigenvalue weighted by Crippen LogP contribution is -2.33. The van der Waals surface area contributed by atoms with Crippen molar-refractivity contribution in [2.24, 2.45) is 7.05 Å². The molecule has 2 aromatic rings. The summed E-state index contributed by atoms with van der Waals surface area (Å²) in [7, 11) is 3.41. The molecule has 5 nitrogen and oxygen atoms in total. The van der Waals surface area contributed by atoms with Gasteiger partial charge in [0.1, 0.15) is 0 Å². The molecule has 0 aliphatic carbocycles. The standard InChI is InChI=1S/C17H23N3O2/c1-13-7-5-6-8-16(13)14(2)20(22-4)17(21)10-9-15-11-18-19(3)12-15/h5-8,11-12,14H,9-10H2,1-4H3/t14-/m1/s1. The van der Waals surface area contributed by atoms with E-state index in [1.165, 1.54) is 12.2 Å². The molecule has 0 N–H and O–H groups in total. The Morgan fingerprint density at radius 3 is 2.73 bits per heavy atom. The number of rotatable bonds is 6. The average Bonchev–Trinajstić information content (AvgIpc) is 2.92. The molecule has 2 rings (SSSR count). The molecular weight excluding hydrogens is 278 g/mol. The number of aromatic nitrogens is 2. The third-order valence-electron chi connectivity index (χ3n) is 3.82. The van der Waals surface area contributed by atoms with Gasteiger partial charge in [-0.15, -0.1) is 0 Å². The molecule has 0 bridgehead atoms. The second kappa shape index (κ2) is 7.22. The van der Waals surface area contributed by atoms with Crippen LogP contribution in [0.2, 0.25) is 0 Å². The number of nitrogens with zero attached hydrogens (tertiary/aromatic N) is 3. The number of hydroxylamine groups is 2. The van der Waals surface area contributed by atoms with Crippen LogP contribution in [0.3, 0.4) is 0 Å². The fourth-order valence-corrected chi connectivity index (χ4v) is 2.62. The monoisotopic (exact) mass is 301 g/mol. The lowest BCUT2D eigenvalue weighted by molar-refractivity contribution is -0.187. The molecule has 118 valence electrons. The van der Waals surface area contributed by atoms with E-state index in [0.717, 1.165) is 16.7 Å². The normalized spacial score (nSPS) is 12.2. The topological polar surface area (TPSA) is 47.4 Å². The molecule has 0 aliphatic rings. The molecule has 1 aromatic heterocycles. The molecule has 0 radical (unpaired) electrons. The minimum atomic E-state index is -0.118. The Morgan fingerprint density at radius 1 is 1.41 bits per heavy atom. The summed E-state index contributed by atoms with van der Waals surface area (Å²) >= 11 is 0. The van der Waals surface area contributed by atoms with Gasteiger partial charge in [0.15, 0.2) is 0 Å². The van der Waals surface area contributed by atoms with Gasteiger partial charge >= 0.3 is 0 Å². The maximum Gasteiger partial charge on any atom is 0.247 e. The van der Waals surface area contributed by atoms with Crippen LogP contribution in [0.15, 0.2) is 36.7 Å². The summed E-state index contributed by atoms with van der Waals surface area (Å²) in [5.41, 5.74) is 3.30. The maximum atomic E-state index is 12.5. The number of hydrogen-bond donors (Lipinski definition) is 0. The molecule has 0 saturated heterocycles. The van der Waals surface area contributed by atoms with Crippen LogP contribution in [0.5, 0.6) is 0 Å². The van der Waals surface area contributed by atoms with Crippen LogP contribution in [0.4, 0.5) is 0 Å². The predicted molar refractivity (Wildman–Crippen MR) is 85.0 cm³/mol. The van der Waals surface area contributed by atoms with E-state index in [-0.39, 0.29) is 11.9 Å². The summed E-state index contributed by atoms with van der Waals surface area (Å²) in [4.78, 5) is 17.8. The Hall–Kier alpha value is -2.14. The molecule has 1 amide bonds. The van der Waals surface area contributed by atoms with Gasteiger partial charge in [0.25, 0.3) is 0 Å². The smallest absolute Gasteiger partial charge is 0.247 e. The Balaban J connectivity index is 2.03. The van der Waals surface area contributed by atoms with E-state index in [4.69, 9.17) is 4.84 Å². The molecular formula is C17H23N3O2.